The molecule has 0 spiro atoms. The van der Waals surface area contributed by atoms with E-state index < -0.39 is 27.8 Å². The molecule has 0 saturated carbocycles. The number of rotatable bonds is 2. The Labute approximate surface area is 62.3 Å². The molecular formula is C4H8F3NO2S. The van der Waals surface area contributed by atoms with Crippen LogP contribution in [-0.2, 0) is 9.84 Å². The predicted molar refractivity (Wildman–Crippen MR) is 33.7 cm³/mol. The summed E-state index contributed by atoms with van der Waals surface area (Å²) in [6.07, 6.45) is -3.93. The molecule has 0 aliphatic rings. The van der Waals surface area contributed by atoms with Crippen molar-refractivity contribution in [2.24, 2.45) is 5.73 Å². The monoisotopic (exact) mass is 191 g/mol. The van der Waals surface area contributed by atoms with E-state index in [2.05, 4.69) is 5.73 Å². The van der Waals surface area contributed by atoms with Gasteiger partial charge in [0.15, 0.2) is 0 Å². The number of hydrogen-bond acceptors (Lipinski definition) is 3. The first-order chi connectivity index (χ1) is 4.63. The SMILES string of the molecule is CS(=O)(=O)CC(N)C(F)(F)F. The minimum Gasteiger partial charge on any atom is -0.319 e. The fourth-order valence-electron chi connectivity index (χ4n) is 0.421. The fraction of sp³-hybridized carbons (Fsp3) is 1.00. The number of alkyl halides is 3. The zero-order valence-electron chi connectivity index (χ0n) is 5.72. The van der Waals surface area contributed by atoms with Crippen molar-refractivity contribution >= 4 is 9.84 Å². The van der Waals surface area contributed by atoms with Crippen molar-refractivity contribution in [3.05, 3.63) is 0 Å². The lowest BCUT2D eigenvalue weighted by molar-refractivity contribution is -0.142. The van der Waals surface area contributed by atoms with Gasteiger partial charge in [-0.1, -0.05) is 0 Å². The Kier molecular flexibility index (Phi) is 2.90. The van der Waals surface area contributed by atoms with Crippen LogP contribution in [0.15, 0.2) is 0 Å². The quantitative estimate of drug-likeness (QED) is 0.664. The van der Waals surface area contributed by atoms with Gasteiger partial charge in [0.1, 0.15) is 15.9 Å². The summed E-state index contributed by atoms with van der Waals surface area (Å²) in [4.78, 5) is 0. The van der Waals surface area contributed by atoms with E-state index in [1.54, 1.807) is 0 Å². The van der Waals surface area contributed by atoms with Gasteiger partial charge in [-0.25, -0.2) is 8.42 Å². The number of hydrogen-bond donors (Lipinski definition) is 1. The third-order valence-corrected chi connectivity index (χ3v) is 1.87. The zero-order valence-corrected chi connectivity index (χ0v) is 6.54. The van der Waals surface area contributed by atoms with Crippen molar-refractivity contribution in [2.75, 3.05) is 12.0 Å². The van der Waals surface area contributed by atoms with Gasteiger partial charge in [0.2, 0.25) is 0 Å². The normalized spacial score (nSPS) is 16.5. The average molecular weight is 191 g/mol. The molecule has 0 aliphatic carbocycles. The van der Waals surface area contributed by atoms with E-state index in [0.717, 1.165) is 0 Å². The van der Waals surface area contributed by atoms with Gasteiger partial charge in [0, 0.05) is 6.26 Å². The van der Waals surface area contributed by atoms with E-state index in [1.165, 1.54) is 0 Å². The molecule has 7 heteroatoms. The summed E-state index contributed by atoms with van der Waals surface area (Å²) in [5.74, 6) is -1.06. The molecule has 11 heavy (non-hydrogen) atoms. The second-order valence-electron chi connectivity index (χ2n) is 2.24. The van der Waals surface area contributed by atoms with E-state index in [9.17, 15) is 21.6 Å². The van der Waals surface area contributed by atoms with Crippen molar-refractivity contribution in [3.8, 4) is 0 Å². The van der Waals surface area contributed by atoms with E-state index in [1.807, 2.05) is 0 Å². The number of sulfone groups is 1. The second kappa shape index (κ2) is 2.98. The Morgan fingerprint density at radius 3 is 1.91 bits per heavy atom. The molecule has 0 fully saturated rings. The lowest BCUT2D eigenvalue weighted by atomic mass is 10.4. The molecule has 0 rings (SSSR count). The first kappa shape index (κ1) is 10.7. The van der Waals surface area contributed by atoms with Crippen LogP contribution in [0.5, 0.6) is 0 Å². The van der Waals surface area contributed by atoms with Gasteiger partial charge in [-0.05, 0) is 0 Å². The molecule has 0 aliphatic heterocycles. The van der Waals surface area contributed by atoms with E-state index in [0.29, 0.717) is 6.26 Å². The van der Waals surface area contributed by atoms with Crippen LogP contribution >= 0.6 is 0 Å². The molecule has 0 heterocycles. The van der Waals surface area contributed by atoms with Crippen LogP contribution in [0, 0.1) is 0 Å². The molecule has 68 valence electrons. The maximum Gasteiger partial charge on any atom is 0.404 e. The van der Waals surface area contributed by atoms with Crippen LogP contribution in [-0.4, -0.2) is 32.6 Å². The first-order valence-electron chi connectivity index (χ1n) is 2.63. The summed E-state index contributed by atoms with van der Waals surface area (Å²) < 4.78 is 55.4. The number of nitrogens with two attached hydrogens (primary N) is 1. The van der Waals surface area contributed by atoms with Crippen LogP contribution in [0.1, 0.15) is 0 Å². The molecule has 0 radical (unpaired) electrons. The summed E-state index contributed by atoms with van der Waals surface area (Å²) >= 11 is 0. The Morgan fingerprint density at radius 1 is 1.45 bits per heavy atom. The van der Waals surface area contributed by atoms with Crippen LogP contribution in [0.2, 0.25) is 0 Å². The fourth-order valence-corrected chi connectivity index (χ4v) is 1.26. The minimum atomic E-state index is -4.64. The smallest absolute Gasteiger partial charge is 0.319 e. The average Bonchev–Trinajstić information content (AvgIpc) is 1.56. The van der Waals surface area contributed by atoms with E-state index in [4.69, 9.17) is 0 Å². The van der Waals surface area contributed by atoms with Gasteiger partial charge in [-0.2, -0.15) is 13.2 Å². The van der Waals surface area contributed by atoms with Gasteiger partial charge < -0.3 is 5.73 Å². The molecule has 0 aromatic heterocycles. The predicted octanol–water partition coefficient (Wildman–Crippen LogP) is -0.0794. The zero-order chi connectivity index (χ0) is 9.28. The van der Waals surface area contributed by atoms with Gasteiger partial charge in [-0.15, -0.1) is 0 Å². The molecule has 0 aromatic rings. The third kappa shape index (κ3) is 5.02. The lowest BCUT2D eigenvalue weighted by Crippen LogP contribution is -2.42. The molecule has 3 nitrogen and oxygen atoms in total. The summed E-state index contributed by atoms with van der Waals surface area (Å²) in [6, 6.07) is -2.28. The van der Waals surface area contributed by atoms with E-state index in [-0.39, 0.29) is 0 Å². The summed E-state index contributed by atoms with van der Waals surface area (Å²) in [7, 11) is -3.65. The Balaban J connectivity index is 4.21. The molecule has 0 saturated heterocycles. The molecule has 0 amide bonds. The summed E-state index contributed by atoms with van der Waals surface area (Å²) in [5, 5.41) is 0. The highest BCUT2D eigenvalue weighted by atomic mass is 32.2. The molecule has 0 aromatic carbocycles. The first-order valence-corrected chi connectivity index (χ1v) is 4.69. The van der Waals surface area contributed by atoms with Crippen LogP contribution < -0.4 is 5.73 Å². The maximum absolute atomic E-state index is 11.6. The van der Waals surface area contributed by atoms with E-state index >= 15 is 0 Å². The molecule has 0 bridgehead atoms. The minimum absolute atomic E-state index is 0.707. The van der Waals surface area contributed by atoms with Crippen molar-refractivity contribution < 1.29 is 21.6 Å². The molecule has 1 unspecified atom stereocenters. The Hall–Kier alpha value is -0.300. The lowest BCUT2D eigenvalue weighted by Gasteiger charge is -2.13. The number of halogens is 3. The molecular weight excluding hydrogens is 183 g/mol. The molecule has 1 atom stereocenters. The van der Waals surface area contributed by atoms with Crippen LogP contribution in [0.25, 0.3) is 0 Å². The molecule has 2 N–H and O–H groups in total. The van der Waals surface area contributed by atoms with Crippen molar-refractivity contribution in [2.45, 2.75) is 12.2 Å². The third-order valence-electron chi connectivity index (χ3n) is 0.903. The topological polar surface area (TPSA) is 60.2 Å². The summed E-state index contributed by atoms with van der Waals surface area (Å²) in [6.45, 7) is 0. The largest absolute Gasteiger partial charge is 0.404 e. The van der Waals surface area contributed by atoms with Crippen LogP contribution in [0.3, 0.4) is 0 Å². The standard InChI is InChI=1S/C4H8F3NO2S/c1-11(9,10)2-3(8)4(5,6)7/h3H,2,8H2,1H3. The van der Waals surface area contributed by atoms with Gasteiger partial charge in [0.05, 0.1) is 5.75 Å². The van der Waals surface area contributed by atoms with Gasteiger partial charge >= 0.3 is 6.18 Å². The van der Waals surface area contributed by atoms with Crippen molar-refractivity contribution in [1.29, 1.82) is 0 Å². The summed E-state index contributed by atoms with van der Waals surface area (Å²) in [5.41, 5.74) is 4.53. The maximum atomic E-state index is 11.6. The van der Waals surface area contributed by atoms with Crippen LogP contribution in [0.4, 0.5) is 13.2 Å². The van der Waals surface area contributed by atoms with Gasteiger partial charge in [-0.3, -0.25) is 0 Å². The Morgan fingerprint density at radius 2 is 1.82 bits per heavy atom. The highest BCUT2D eigenvalue weighted by Crippen LogP contribution is 2.19. The second-order valence-corrected chi connectivity index (χ2v) is 4.43. The highest BCUT2D eigenvalue weighted by molar-refractivity contribution is 7.90. The van der Waals surface area contributed by atoms with Crippen molar-refractivity contribution in [3.63, 3.8) is 0 Å². The van der Waals surface area contributed by atoms with Crippen molar-refractivity contribution in [1.82, 2.24) is 0 Å². The highest BCUT2D eigenvalue weighted by Gasteiger charge is 2.38. The Bertz CT molecular complexity index is 220. The van der Waals surface area contributed by atoms with Gasteiger partial charge in [0.25, 0.3) is 0 Å².